The average molecular weight is 676 g/mol. The minimum atomic E-state index is -2.45. The lowest BCUT2D eigenvalue weighted by Crippen LogP contribution is -3.85. The van der Waals surface area contributed by atoms with Gasteiger partial charge in [-0.1, -0.05) is 72.8 Å². The number of hydrogen-bond donors (Lipinski definition) is 0. The number of hydrogen-bond acceptors (Lipinski definition) is 4. The van der Waals surface area contributed by atoms with Crippen LogP contribution in [-0.4, -0.2) is 11.9 Å². The molecule has 4 aromatic rings. The van der Waals surface area contributed by atoms with Crippen LogP contribution in [0.1, 0.15) is 0 Å². The summed E-state index contributed by atoms with van der Waals surface area (Å²) < 4.78 is 15.8. The molecule has 0 aliphatic carbocycles. The summed E-state index contributed by atoms with van der Waals surface area (Å²) in [5.74, 6) is -1.09. The van der Waals surface area contributed by atoms with Crippen LogP contribution in [-0.2, 0) is 15.7 Å². The Labute approximate surface area is 214 Å². The van der Waals surface area contributed by atoms with E-state index in [0.717, 1.165) is 14.3 Å². The van der Waals surface area contributed by atoms with Crippen molar-refractivity contribution in [2.75, 3.05) is 0 Å². The topological polar surface area (TPSA) is 52.6 Å². The number of carbonyl (C=O) groups excluding carboxylic acids is 2. The average Bonchev–Trinajstić information content (AvgIpc) is 2.91. The smallest absolute Gasteiger partial charge is 0.242 e. The Hall–Kier alpha value is -2.98. The Morgan fingerprint density at radius 1 is 0.441 bits per heavy atom. The molecule has 2 radical (unpaired) electrons. The van der Waals surface area contributed by atoms with E-state index in [2.05, 4.69) is 0 Å². The van der Waals surface area contributed by atoms with Crippen molar-refractivity contribution < 1.29 is 56.2 Å². The van der Waals surface area contributed by atoms with Crippen molar-refractivity contribution in [2.45, 2.75) is 0 Å². The van der Waals surface area contributed by atoms with Gasteiger partial charge >= 0.3 is 52.4 Å². The molecule has 0 amide bonds. The van der Waals surface area contributed by atoms with Gasteiger partial charge in [-0.15, -0.1) is 0 Å². The van der Waals surface area contributed by atoms with E-state index in [0.29, 0.717) is 0 Å². The molecule has 4 rings (SSSR count). The second-order valence-corrected chi connectivity index (χ2v) is 15.5. The van der Waals surface area contributed by atoms with Gasteiger partial charge in [0.1, 0.15) is 0 Å². The van der Waals surface area contributed by atoms with Gasteiger partial charge in [0, 0.05) is 12.2 Å². The van der Waals surface area contributed by atoms with Gasteiger partial charge in [0.05, 0.1) is 0 Å². The minimum Gasteiger partial charge on any atom is -0.242 e. The van der Waals surface area contributed by atoms with Crippen molar-refractivity contribution in [3.8, 4) is 0 Å². The maximum absolute atomic E-state index is 12.7. The number of rotatable bonds is 8. The van der Waals surface area contributed by atoms with Crippen LogP contribution < -0.4 is 40.5 Å². The normalized spacial score (nSPS) is 11.0. The minimum absolute atomic E-state index is 0.547. The van der Waals surface area contributed by atoms with Gasteiger partial charge in [-0.05, 0) is 48.5 Å². The molecule has 6 heteroatoms. The van der Waals surface area contributed by atoms with Crippen LogP contribution in [0, 0.1) is 14.3 Å². The number of benzene rings is 4. The third-order valence-electron chi connectivity index (χ3n) is 4.39. The fourth-order valence-electron chi connectivity index (χ4n) is 2.89. The third-order valence-corrected chi connectivity index (χ3v) is 13.5. The summed E-state index contributed by atoms with van der Waals surface area (Å²) in [6.07, 6.45) is 2.34. The van der Waals surface area contributed by atoms with Crippen molar-refractivity contribution >= 4 is 11.9 Å². The molecule has 0 saturated heterocycles. The van der Waals surface area contributed by atoms with E-state index < -0.39 is 52.4 Å². The molecule has 4 nitrogen and oxygen atoms in total. The van der Waals surface area contributed by atoms with Crippen molar-refractivity contribution in [1.29, 1.82) is 0 Å². The molecule has 0 atom stereocenters. The van der Waals surface area contributed by atoms with Crippen LogP contribution in [0.15, 0.2) is 133 Å². The summed E-state index contributed by atoms with van der Waals surface area (Å²) >= 11 is -4.91. The zero-order chi connectivity index (χ0) is 23.6. The summed E-state index contributed by atoms with van der Waals surface area (Å²) in [4.78, 5) is 25.3. The highest BCUT2D eigenvalue weighted by Crippen LogP contribution is 1.90. The van der Waals surface area contributed by atoms with Crippen molar-refractivity contribution in [3.05, 3.63) is 148 Å². The molecule has 4 aromatic carbocycles. The Balaban J connectivity index is 1.47. The first-order valence-electron chi connectivity index (χ1n) is 10.4. The highest BCUT2D eigenvalue weighted by molar-refractivity contribution is 5.91. The van der Waals surface area contributed by atoms with Gasteiger partial charge < -0.3 is 0 Å². The Morgan fingerprint density at radius 3 is 0.912 bits per heavy atom. The summed E-state index contributed by atoms with van der Waals surface area (Å²) in [6, 6.07) is 39.0. The summed E-state index contributed by atoms with van der Waals surface area (Å²) in [7, 11) is 0. The Kier molecular flexibility index (Phi) is 8.86. The third kappa shape index (κ3) is 6.77. The van der Waals surface area contributed by atoms with Crippen molar-refractivity contribution in [2.24, 2.45) is 0 Å². The van der Waals surface area contributed by atoms with Gasteiger partial charge in [-0.25, -0.2) is 15.7 Å². The first-order valence-corrected chi connectivity index (χ1v) is 16.5. The Bertz CT molecular complexity index is 1050. The zero-order valence-electron chi connectivity index (χ0n) is 18.1. The molecule has 0 N–H and O–H groups in total. The van der Waals surface area contributed by atoms with Gasteiger partial charge in [0.15, 0.2) is 14.3 Å². The lowest BCUT2D eigenvalue weighted by atomic mass is 10.4. The predicted molar refractivity (Wildman–Crippen MR) is 122 cm³/mol. The van der Waals surface area contributed by atoms with Gasteiger partial charge in [-0.2, -0.15) is 0 Å². The second-order valence-electron chi connectivity index (χ2n) is 6.81. The zero-order valence-corrected chi connectivity index (χ0v) is 22.4. The maximum atomic E-state index is 12.7. The highest BCUT2D eigenvalue weighted by Gasteiger charge is 2.35. The second kappa shape index (κ2) is 12.5. The molecular weight excluding hydrogens is 654 g/mol. The molecule has 0 fully saturated rings. The van der Waals surface area contributed by atoms with E-state index in [-0.39, 0.29) is 0 Å². The molecule has 0 aromatic heterocycles. The molecular formula is C28H22I2O4+2. The quantitative estimate of drug-likeness (QED) is 0.181. The van der Waals surface area contributed by atoms with Crippen LogP contribution in [0.25, 0.3) is 0 Å². The number of carbonyl (C=O) groups is 2. The molecule has 0 heterocycles. The monoisotopic (exact) mass is 676 g/mol. The fourth-order valence-corrected chi connectivity index (χ4v) is 10.8. The molecule has 0 aliphatic heterocycles. The van der Waals surface area contributed by atoms with Gasteiger partial charge in [0.2, 0.25) is 0 Å². The molecule has 0 aliphatic rings. The van der Waals surface area contributed by atoms with E-state index in [1.54, 1.807) is 0 Å². The molecule has 0 bridgehead atoms. The largest absolute Gasteiger partial charge is 0.383 e. The Morgan fingerprint density at radius 2 is 0.676 bits per heavy atom. The van der Waals surface area contributed by atoms with E-state index >= 15 is 0 Å². The predicted octanol–water partition coefficient (Wildman–Crippen LogP) is -0.812. The van der Waals surface area contributed by atoms with Crippen LogP contribution in [0.5, 0.6) is 0 Å². The van der Waals surface area contributed by atoms with Crippen molar-refractivity contribution in [1.82, 2.24) is 0 Å². The van der Waals surface area contributed by atoms with E-state index in [1.165, 1.54) is 12.2 Å². The van der Waals surface area contributed by atoms with E-state index in [1.807, 2.05) is 121 Å². The fraction of sp³-hybridized carbons (Fsp3) is 0. The first kappa shape index (κ1) is 24.2. The standard InChI is InChI=1S/C28H22I2O4/c31-27(33-29(23-13-5-1-6-14-23)24-15-7-2-8-16-24)21-22-28(32)34-30(25-17-9-3-10-18-25)26-19-11-4-12-20-26/h1-22H/q+2/b22-21-. The summed E-state index contributed by atoms with van der Waals surface area (Å²) in [5.41, 5.74) is 0. The van der Waals surface area contributed by atoms with Gasteiger partial charge in [0.25, 0.3) is 0 Å². The first-order chi connectivity index (χ1) is 16.7. The summed E-state index contributed by atoms with van der Waals surface area (Å²) in [5, 5.41) is 0. The SMILES string of the molecule is O=C(/C=C\C(=O)O[I+](c1ccccc1)c1ccccc1)O[I+](c1ccccc1)c1ccccc1. The maximum Gasteiger partial charge on any atom is 0.383 e. The lowest BCUT2D eigenvalue weighted by molar-refractivity contribution is -1.04. The van der Waals surface area contributed by atoms with Crippen LogP contribution in [0.3, 0.4) is 0 Å². The van der Waals surface area contributed by atoms with Crippen LogP contribution >= 0.6 is 0 Å². The van der Waals surface area contributed by atoms with E-state index in [9.17, 15) is 9.59 Å². The van der Waals surface area contributed by atoms with Crippen molar-refractivity contribution in [3.63, 3.8) is 0 Å². The van der Waals surface area contributed by atoms with Crippen LogP contribution in [0.4, 0.5) is 0 Å². The molecule has 34 heavy (non-hydrogen) atoms. The lowest BCUT2D eigenvalue weighted by Gasteiger charge is -2.04. The summed E-state index contributed by atoms with van der Waals surface area (Å²) in [6.45, 7) is 0. The molecule has 0 unspecified atom stereocenters. The molecule has 170 valence electrons. The number of halogens is 2. The molecule has 0 spiro atoms. The molecule has 0 saturated carbocycles. The van der Waals surface area contributed by atoms with Gasteiger partial charge in [-0.3, -0.25) is 0 Å². The highest BCUT2D eigenvalue weighted by atomic mass is 127. The van der Waals surface area contributed by atoms with Crippen LogP contribution in [0.2, 0.25) is 0 Å². The van der Waals surface area contributed by atoms with E-state index in [4.69, 9.17) is 6.13 Å².